The van der Waals surface area contributed by atoms with Gasteiger partial charge in [0.1, 0.15) is 0 Å². The molecular weight excluding hydrogens is 653 g/mol. The number of carbonyl (C=O) groups is 3. The molecule has 244 valence electrons. The summed E-state index contributed by atoms with van der Waals surface area (Å²) < 4.78 is 32.2. The fraction of sp³-hybridized carbons (Fsp3) is 0.364. The SMILES string of the molecule is COC(=O)Cc1ccc(CONC(=O)[C@@H]2c3ccccc3C(=O)N([C@H]3CCCC[C@@H]3NS(C)(=O)=O)[C@@H]2c2ccc(Cl)cc2Cl)cc1. The highest BCUT2D eigenvalue weighted by atomic mass is 35.5. The number of rotatable bonds is 10. The first kappa shape index (κ1) is 33.9. The fourth-order valence-electron chi connectivity index (χ4n) is 6.37. The van der Waals surface area contributed by atoms with Gasteiger partial charge in [-0.2, -0.15) is 0 Å². The van der Waals surface area contributed by atoms with Gasteiger partial charge in [0.05, 0.1) is 38.4 Å². The normalized spacial score (nSPS) is 21.4. The van der Waals surface area contributed by atoms with Crippen LogP contribution < -0.4 is 10.2 Å². The molecule has 2 aliphatic rings. The van der Waals surface area contributed by atoms with Gasteiger partial charge in [0.2, 0.25) is 10.0 Å². The molecule has 4 atom stereocenters. The van der Waals surface area contributed by atoms with Gasteiger partial charge in [-0.25, -0.2) is 18.6 Å². The summed E-state index contributed by atoms with van der Waals surface area (Å²) in [5.41, 5.74) is 5.45. The molecule has 46 heavy (non-hydrogen) atoms. The Bertz CT molecular complexity index is 1720. The van der Waals surface area contributed by atoms with E-state index < -0.39 is 40.0 Å². The maximum absolute atomic E-state index is 14.4. The van der Waals surface area contributed by atoms with E-state index >= 15 is 0 Å². The highest BCUT2D eigenvalue weighted by Gasteiger charge is 2.49. The summed E-state index contributed by atoms with van der Waals surface area (Å²) in [6, 6.07) is 16.9. The van der Waals surface area contributed by atoms with Crippen molar-refractivity contribution >= 4 is 51.0 Å². The van der Waals surface area contributed by atoms with E-state index in [-0.39, 0.29) is 29.9 Å². The molecule has 0 radical (unpaired) electrons. The van der Waals surface area contributed by atoms with Crippen molar-refractivity contribution in [2.24, 2.45) is 0 Å². The Morgan fingerprint density at radius 1 is 0.957 bits per heavy atom. The van der Waals surface area contributed by atoms with Gasteiger partial charge >= 0.3 is 5.97 Å². The molecule has 1 fully saturated rings. The molecule has 0 spiro atoms. The van der Waals surface area contributed by atoms with Crippen molar-refractivity contribution < 1.29 is 32.4 Å². The molecule has 2 amide bonds. The summed E-state index contributed by atoms with van der Waals surface area (Å²) >= 11 is 13.0. The number of nitrogens with zero attached hydrogens (tertiary/aromatic N) is 1. The minimum Gasteiger partial charge on any atom is -0.469 e. The van der Waals surface area contributed by atoms with E-state index in [2.05, 4.69) is 10.2 Å². The zero-order chi connectivity index (χ0) is 33.0. The molecule has 5 rings (SSSR count). The molecule has 10 nitrogen and oxygen atoms in total. The lowest BCUT2D eigenvalue weighted by atomic mass is 9.76. The van der Waals surface area contributed by atoms with Gasteiger partial charge in [-0.05, 0) is 53.3 Å². The van der Waals surface area contributed by atoms with Crippen LogP contribution in [-0.2, 0) is 42.2 Å². The molecule has 13 heteroatoms. The largest absolute Gasteiger partial charge is 0.469 e. The molecule has 0 unspecified atom stereocenters. The van der Waals surface area contributed by atoms with Crippen LogP contribution in [0.2, 0.25) is 10.0 Å². The number of hydrogen-bond donors (Lipinski definition) is 2. The number of ether oxygens (including phenoxy) is 1. The maximum atomic E-state index is 14.4. The first-order valence-electron chi connectivity index (χ1n) is 14.9. The Kier molecular flexibility index (Phi) is 10.7. The van der Waals surface area contributed by atoms with Crippen LogP contribution >= 0.6 is 23.2 Å². The summed E-state index contributed by atoms with van der Waals surface area (Å²) in [5.74, 6) is -2.14. The number of methoxy groups -OCH3 is 1. The predicted molar refractivity (Wildman–Crippen MR) is 174 cm³/mol. The summed E-state index contributed by atoms with van der Waals surface area (Å²) in [5, 5.41) is 0.655. The van der Waals surface area contributed by atoms with Crippen molar-refractivity contribution in [1.82, 2.24) is 15.1 Å². The van der Waals surface area contributed by atoms with Crippen LogP contribution in [0, 0.1) is 0 Å². The molecule has 1 aliphatic carbocycles. The second kappa shape index (κ2) is 14.5. The zero-order valence-corrected chi connectivity index (χ0v) is 27.7. The Labute approximate surface area is 278 Å². The van der Waals surface area contributed by atoms with Gasteiger partial charge in [-0.15, -0.1) is 0 Å². The van der Waals surface area contributed by atoms with E-state index in [0.29, 0.717) is 34.6 Å². The van der Waals surface area contributed by atoms with Crippen LogP contribution in [0.3, 0.4) is 0 Å². The molecule has 3 aromatic carbocycles. The van der Waals surface area contributed by atoms with Crippen molar-refractivity contribution in [1.29, 1.82) is 0 Å². The summed E-state index contributed by atoms with van der Waals surface area (Å²) in [7, 11) is -2.27. The summed E-state index contributed by atoms with van der Waals surface area (Å²) in [6.45, 7) is 0.0383. The van der Waals surface area contributed by atoms with Crippen LogP contribution in [0.5, 0.6) is 0 Å². The Morgan fingerprint density at radius 2 is 1.65 bits per heavy atom. The van der Waals surface area contributed by atoms with E-state index in [0.717, 1.165) is 30.2 Å². The monoisotopic (exact) mass is 687 g/mol. The zero-order valence-electron chi connectivity index (χ0n) is 25.4. The molecule has 0 saturated heterocycles. The lowest BCUT2D eigenvalue weighted by molar-refractivity contribution is -0.140. The molecule has 3 aromatic rings. The number of halogens is 2. The van der Waals surface area contributed by atoms with Crippen molar-refractivity contribution in [3.63, 3.8) is 0 Å². The van der Waals surface area contributed by atoms with Gasteiger partial charge in [0.25, 0.3) is 11.8 Å². The van der Waals surface area contributed by atoms with Crippen molar-refractivity contribution in [2.75, 3.05) is 13.4 Å². The summed E-state index contributed by atoms with van der Waals surface area (Å²) in [6.07, 6.45) is 3.86. The molecule has 1 saturated carbocycles. The minimum atomic E-state index is -3.60. The van der Waals surface area contributed by atoms with Crippen molar-refractivity contribution in [3.8, 4) is 0 Å². The number of fused-ring (bicyclic) bond motifs is 1. The quantitative estimate of drug-likeness (QED) is 0.224. The number of amides is 2. The second-order valence-corrected chi connectivity index (χ2v) is 14.2. The Morgan fingerprint density at radius 3 is 2.35 bits per heavy atom. The number of hydroxylamine groups is 1. The number of nitrogens with one attached hydrogen (secondary N) is 2. The van der Waals surface area contributed by atoms with E-state index in [1.165, 1.54) is 7.11 Å². The number of benzene rings is 3. The molecule has 1 aliphatic heterocycles. The van der Waals surface area contributed by atoms with Crippen LogP contribution in [0.4, 0.5) is 0 Å². The number of carbonyl (C=O) groups excluding carboxylic acids is 3. The second-order valence-electron chi connectivity index (χ2n) is 11.6. The van der Waals surface area contributed by atoms with Crippen LogP contribution in [0.15, 0.2) is 66.7 Å². The molecule has 0 aromatic heterocycles. The molecule has 1 heterocycles. The molecule has 0 bridgehead atoms. The standard InChI is InChI=1S/C33H35Cl2N3O7S/c1-44-29(39)17-20-11-13-21(14-12-20)19-45-36-32(40)30-23-7-3-4-8-24(23)33(41)38(31(30)25-16-15-22(34)18-26(25)35)28-10-6-5-9-27(28)37-46(2,42)43/h3-4,7-8,11-16,18,27-28,30-31,37H,5-6,9-10,17,19H2,1-2H3,(H,36,40)/t27-,28-,30+,31+/m0/s1. The Balaban J connectivity index is 1.50. The van der Waals surface area contributed by atoms with E-state index in [9.17, 15) is 22.8 Å². The van der Waals surface area contributed by atoms with Crippen molar-refractivity contribution in [3.05, 3.63) is 105 Å². The first-order valence-corrected chi connectivity index (χ1v) is 17.5. The van der Waals surface area contributed by atoms with Crippen molar-refractivity contribution in [2.45, 2.75) is 62.8 Å². The lowest BCUT2D eigenvalue weighted by Gasteiger charge is -2.49. The fourth-order valence-corrected chi connectivity index (χ4v) is 7.72. The third kappa shape index (κ3) is 7.72. The highest BCUT2D eigenvalue weighted by molar-refractivity contribution is 7.88. The average Bonchev–Trinajstić information content (AvgIpc) is 3.01. The van der Waals surface area contributed by atoms with Gasteiger partial charge in [0, 0.05) is 27.7 Å². The predicted octanol–water partition coefficient (Wildman–Crippen LogP) is 5.10. The van der Waals surface area contributed by atoms with Crippen LogP contribution in [-0.4, -0.2) is 56.6 Å². The number of esters is 1. The summed E-state index contributed by atoms with van der Waals surface area (Å²) in [4.78, 5) is 47.4. The van der Waals surface area contributed by atoms with Gasteiger partial charge in [-0.1, -0.05) is 84.6 Å². The van der Waals surface area contributed by atoms with E-state index in [1.807, 2.05) is 0 Å². The number of hydrogen-bond acceptors (Lipinski definition) is 7. The highest BCUT2D eigenvalue weighted by Crippen LogP contribution is 2.47. The third-order valence-electron chi connectivity index (χ3n) is 8.40. The Hall–Kier alpha value is -3.48. The van der Waals surface area contributed by atoms with Gasteiger partial charge in [-0.3, -0.25) is 19.2 Å². The average molecular weight is 689 g/mol. The smallest absolute Gasteiger partial charge is 0.309 e. The van der Waals surface area contributed by atoms with Gasteiger partial charge < -0.3 is 9.64 Å². The number of sulfonamides is 1. The first-order chi connectivity index (χ1) is 22.0. The van der Waals surface area contributed by atoms with E-state index in [1.54, 1.807) is 71.6 Å². The molecular formula is C33H35Cl2N3O7S. The van der Waals surface area contributed by atoms with E-state index in [4.69, 9.17) is 32.8 Å². The van der Waals surface area contributed by atoms with Gasteiger partial charge in [0.15, 0.2) is 0 Å². The molecule has 2 N–H and O–H groups in total. The lowest BCUT2D eigenvalue weighted by Crippen LogP contribution is -2.59. The van der Waals surface area contributed by atoms with Crippen LogP contribution in [0.25, 0.3) is 0 Å². The third-order valence-corrected chi connectivity index (χ3v) is 9.70. The minimum absolute atomic E-state index is 0.0383. The van der Waals surface area contributed by atoms with Crippen LogP contribution in [0.1, 0.15) is 70.3 Å². The topological polar surface area (TPSA) is 131 Å². The maximum Gasteiger partial charge on any atom is 0.309 e.